The van der Waals surface area contributed by atoms with E-state index in [1.54, 1.807) is 6.07 Å². The average Bonchev–Trinajstić information content (AvgIpc) is 2.83. The molecule has 1 aliphatic carbocycles. The predicted octanol–water partition coefficient (Wildman–Crippen LogP) is 1.32. The number of hydrogen-bond acceptors (Lipinski definition) is 3. The summed E-state index contributed by atoms with van der Waals surface area (Å²) in [5, 5.41) is 21.1. The molecule has 1 heterocycles. The van der Waals surface area contributed by atoms with Crippen LogP contribution in [0.2, 0.25) is 0 Å². The number of H-pyrrole nitrogens is 1. The molecule has 0 aliphatic heterocycles. The van der Waals surface area contributed by atoms with Crippen molar-refractivity contribution in [2.45, 2.75) is 44.3 Å². The van der Waals surface area contributed by atoms with Crippen molar-refractivity contribution in [3.8, 4) is 0 Å². The quantitative estimate of drug-likeness (QED) is 0.682. The number of amides is 1. The van der Waals surface area contributed by atoms with E-state index in [1.165, 1.54) is 24.1 Å². The molecule has 0 spiro atoms. The van der Waals surface area contributed by atoms with Crippen LogP contribution in [0.5, 0.6) is 0 Å². The molecule has 0 bridgehead atoms. The second kappa shape index (κ2) is 5.50. The summed E-state index contributed by atoms with van der Waals surface area (Å²) < 4.78 is 0. The Kier molecular flexibility index (Phi) is 3.69. The third kappa shape index (κ3) is 2.66. The van der Waals surface area contributed by atoms with Gasteiger partial charge in [-0.25, -0.2) is 0 Å². The molecule has 1 aromatic heterocycles. The van der Waals surface area contributed by atoms with Crippen molar-refractivity contribution in [2.75, 3.05) is 0 Å². The van der Waals surface area contributed by atoms with E-state index < -0.39 is 18.1 Å². The maximum absolute atomic E-state index is 10.9. The number of aliphatic hydroxyl groups excluding tert-OH is 2. The SMILES string of the molecule is NC(=O)CC(O)C(O)c1ccc2[nH]c3c(c2c1)CCCC3. The lowest BCUT2D eigenvalue weighted by Crippen LogP contribution is -2.25. The number of benzene rings is 1. The van der Waals surface area contributed by atoms with Gasteiger partial charge in [0.1, 0.15) is 6.10 Å². The van der Waals surface area contributed by atoms with Gasteiger partial charge in [0.25, 0.3) is 0 Å². The highest BCUT2D eigenvalue weighted by Crippen LogP contribution is 2.31. The molecule has 1 amide bonds. The minimum absolute atomic E-state index is 0.246. The van der Waals surface area contributed by atoms with E-state index in [0.29, 0.717) is 5.56 Å². The zero-order valence-corrected chi connectivity index (χ0v) is 11.8. The predicted molar refractivity (Wildman–Crippen MR) is 79.7 cm³/mol. The Morgan fingerprint density at radius 1 is 1.29 bits per heavy atom. The Hall–Kier alpha value is -1.85. The van der Waals surface area contributed by atoms with Crippen molar-refractivity contribution >= 4 is 16.8 Å². The largest absolute Gasteiger partial charge is 0.390 e. The molecule has 5 heteroatoms. The Morgan fingerprint density at radius 3 is 2.81 bits per heavy atom. The highest BCUT2D eigenvalue weighted by Gasteiger charge is 2.22. The standard InChI is InChI=1S/C16H20N2O3/c17-15(20)8-14(19)16(21)9-5-6-13-11(7-9)10-3-1-2-4-12(10)18-13/h5-7,14,16,18-19,21H,1-4,8H2,(H2,17,20). The van der Waals surface area contributed by atoms with E-state index in [-0.39, 0.29) is 6.42 Å². The number of aryl methyl sites for hydroxylation is 2. The number of rotatable bonds is 4. The molecule has 21 heavy (non-hydrogen) atoms. The van der Waals surface area contributed by atoms with Crippen LogP contribution in [0.3, 0.4) is 0 Å². The van der Waals surface area contributed by atoms with Crippen LogP contribution in [0.4, 0.5) is 0 Å². The first-order valence-electron chi connectivity index (χ1n) is 7.34. The molecule has 112 valence electrons. The molecule has 5 N–H and O–H groups in total. The van der Waals surface area contributed by atoms with Crippen LogP contribution in [0, 0.1) is 0 Å². The number of aromatic nitrogens is 1. The molecule has 5 nitrogen and oxygen atoms in total. The summed E-state index contributed by atoms with van der Waals surface area (Å²) in [6.07, 6.45) is 1.96. The van der Waals surface area contributed by atoms with E-state index >= 15 is 0 Å². The average molecular weight is 288 g/mol. The van der Waals surface area contributed by atoms with E-state index in [2.05, 4.69) is 4.98 Å². The molecule has 2 atom stereocenters. The van der Waals surface area contributed by atoms with Gasteiger partial charge in [-0.2, -0.15) is 0 Å². The smallest absolute Gasteiger partial charge is 0.220 e. The summed E-state index contributed by atoms with van der Waals surface area (Å²) in [5.74, 6) is -0.623. The van der Waals surface area contributed by atoms with Gasteiger partial charge in [0.2, 0.25) is 5.91 Å². The fourth-order valence-corrected chi connectivity index (χ4v) is 3.15. The second-order valence-corrected chi connectivity index (χ2v) is 5.78. The van der Waals surface area contributed by atoms with Gasteiger partial charge in [-0.15, -0.1) is 0 Å². The van der Waals surface area contributed by atoms with Crippen LogP contribution in [0.1, 0.15) is 42.2 Å². The lowest BCUT2D eigenvalue weighted by Gasteiger charge is -2.17. The monoisotopic (exact) mass is 288 g/mol. The summed E-state index contributed by atoms with van der Waals surface area (Å²) in [5.41, 5.74) is 9.32. The van der Waals surface area contributed by atoms with Crippen LogP contribution in [0.25, 0.3) is 10.9 Å². The fraction of sp³-hybridized carbons (Fsp3) is 0.438. The van der Waals surface area contributed by atoms with Gasteiger partial charge in [-0.1, -0.05) is 6.07 Å². The zero-order valence-electron chi connectivity index (χ0n) is 11.8. The third-order valence-corrected chi connectivity index (χ3v) is 4.24. The maximum atomic E-state index is 10.9. The summed E-state index contributed by atoms with van der Waals surface area (Å²) >= 11 is 0. The number of primary amides is 1. The number of aromatic amines is 1. The third-order valence-electron chi connectivity index (χ3n) is 4.24. The van der Waals surface area contributed by atoms with Gasteiger partial charge in [-0.05, 0) is 48.9 Å². The Morgan fingerprint density at radius 2 is 2.05 bits per heavy atom. The van der Waals surface area contributed by atoms with Crippen molar-refractivity contribution < 1.29 is 15.0 Å². The van der Waals surface area contributed by atoms with Gasteiger partial charge in [0.05, 0.1) is 12.5 Å². The first-order chi connectivity index (χ1) is 10.1. The highest BCUT2D eigenvalue weighted by molar-refractivity contribution is 5.85. The summed E-state index contributed by atoms with van der Waals surface area (Å²) in [6, 6.07) is 5.60. The normalized spacial score (nSPS) is 17.4. The minimum atomic E-state index is -1.17. The summed E-state index contributed by atoms with van der Waals surface area (Å²) in [4.78, 5) is 14.3. The fourth-order valence-electron chi connectivity index (χ4n) is 3.15. The number of carbonyl (C=O) groups is 1. The molecule has 1 aromatic carbocycles. The van der Waals surface area contributed by atoms with Gasteiger partial charge in [0, 0.05) is 16.6 Å². The molecule has 0 saturated carbocycles. The van der Waals surface area contributed by atoms with Gasteiger partial charge in [0.15, 0.2) is 0 Å². The summed E-state index contributed by atoms with van der Waals surface area (Å²) in [7, 11) is 0. The lowest BCUT2D eigenvalue weighted by molar-refractivity contribution is -0.121. The number of aliphatic hydroxyl groups is 2. The van der Waals surface area contributed by atoms with E-state index in [1.807, 2.05) is 12.1 Å². The lowest BCUT2D eigenvalue weighted by atomic mass is 9.94. The van der Waals surface area contributed by atoms with Crippen LogP contribution in [0.15, 0.2) is 18.2 Å². The first-order valence-corrected chi connectivity index (χ1v) is 7.34. The Balaban J connectivity index is 1.94. The van der Waals surface area contributed by atoms with Gasteiger partial charge >= 0.3 is 0 Å². The zero-order chi connectivity index (χ0) is 15.0. The topological polar surface area (TPSA) is 99.3 Å². The second-order valence-electron chi connectivity index (χ2n) is 5.78. The van der Waals surface area contributed by atoms with Crippen LogP contribution < -0.4 is 5.73 Å². The van der Waals surface area contributed by atoms with Crippen molar-refractivity contribution in [1.29, 1.82) is 0 Å². The highest BCUT2D eigenvalue weighted by atomic mass is 16.3. The number of hydrogen-bond donors (Lipinski definition) is 4. The summed E-state index contributed by atoms with van der Waals surface area (Å²) in [6.45, 7) is 0. The molecule has 0 saturated heterocycles. The Bertz CT molecular complexity index is 677. The molecular formula is C16H20N2O3. The number of nitrogens with one attached hydrogen (secondary N) is 1. The van der Waals surface area contributed by atoms with E-state index in [4.69, 9.17) is 5.73 Å². The number of carbonyl (C=O) groups excluding carboxylic acids is 1. The first kappa shape index (κ1) is 14.1. The van der Waals surface area contributed by atoms with Gasteiger partial charge < -0.3 is 20.9 Å². The van der Waals surface area contributed by atoms with E-state index in [9.17, 15) is 15.0 Å². The molecule has 1 aliphatic rings. The van der Waals surface area contributed by atoms with Crippen molar-refractivity contribution in [3.05, 3.63) is 35.0 Å². The molecule has 3 rings (SSSR count). The van der Waals surface area contributed by atoms with Crippen molar-refractivity contribution in [1.82, 2.24) is 4.98 Å². The minimum Gasteiger partial charge on any atom is -0.390 e. The number of nitrogens with two attached hydrogens (primary N) is 1. The van der Waals surface area contributed by atoms with Crippen molar-refractivity contribution in [3.63, 3.8) is 0 Å². The molecule has 2 aromatic rings. The number of fused-ring (bicyclic) bond motifs is 3. The van der Waals surface area contributed by atoms with Crippen molar-refractivity contribution in [2.24, 2.45) is 5.73 Å². The van der Waals surface area contributed by atoms with Crippen LogP contribution in [-0.2, 0) is 17.6 Å². The van der Waals surface area contributed by atoms with Crippen LogP contribution in [-0.4, -0.2) is 27.2 Å². The van der Waals surface area contributed by atoms with E-state index in [0.717, 1.165) is 23.7 Å². The molecule has 0 radical (unpaired) electrons. The molecule has 0 fully saturated rings. The molecule has 2 unspecified atom stereocenters. The van der Waals surface area contributed by atoms with Crippen LogP contribution >= 0.6 is 0 Å². The van der Waals surface area contributed by atoms with Gasteiger partial charge in [-0.3, -0.25) is 4.79 Å². The Labute approximate surface area is 122 Å². The maximum Gasteiger partial charge on any atom is 0.220 e. The molecular weight excluding hydrogens is 268 g/mol.